The summed E-state index contributed by atoms with van der Waals surface area (Å²) >= 11 is 0. The van der Waals surface area contributed by atoms with E-state index in [0.29, 0.717) is 6.07 Å². The van der Waals surface area contributed by atoms with Gasteiger partial charge in [0.25, 0.3) is 0 Å². The molecule has 1 heterocycles. The molecule has 0 fully saturated rings. The molecule has 0 aliphatic heterocycles. The molecular formula is C13H11F3N2O3. The summed E-state index contributed by atoms with van der Waals surface area (Å²) < 4.78 is 45.8. The SMILES string of the molecule is CCOC(=O)c1c([O-])c2cc(F)c(F)c(F)c2n[n+]1CC. The third-order valence-corrected chi connectivity index (χ3v) is 2.84. The van der Waals surface area contributed by atoms with Crippen LogP contribution in [0.25, 0.3) is 10.9 Å². The van der Waals surface area contributed by atoms with E-state index in [1.54, 1.807) is 13.8 Å². The first kappa shape index (κ1) is 15.0. The predicted octanol–water partition coefficient (Wildman–Crippen LogP) is 1.21. The molecule has 8 heteroatoms. The molecule has 0 N–H and O–H groups in total. The average Bonchev–Trinajstić information content (AvgIpc) is 2.45. The fourth-order valence-electron chi connectivity index (χ4n) is 1.90. The Morgan fingerprint density at radius 2 is 2.00 bits per heavy atom. The first-order chi connectivity index (χ1) is 9.92. The standard InChI is InChI=1S/C13H11F3N2O3/c1-3-18-11(13(20)21-4-2)12(19)6-5-7(14)8(15)9(16)10(6)17-18/h5H,3-4H2,1-2H3. The molecule has 0 amide bonds. The Balaban J connectivity index is 2.86. The van der Waals surface area contributed by atoms with Gasteiger partial charge in [0.15, 0.2) is 29.5 Å². The minimum absolute atomic E-state index is 0.0200. The molecule has 0 bridgehead atoms. The minimum Gasteiger partial charge on any atom is -0.867 e. The van der Waals surface area contributed by atoms with Crippen molar-refractivity contribution < 1.29 is 32.5 Å². The van der Waals surface area contributed by atoms with Crippen LogP contribution in [0.15, 0.2) is 6.07 Å². The van der Waals surface area contributed by atoms with Crippen molar-refractivity contribution in [2.45, 2.75) is 20.4 Å². The van der Waals surface area contributed by atoms with Crippen molar-refractivity contribution in [3.63, 3.8) is 0 Å². The molecule has 0 atom stereocenters. The third kappa shape index (κ3) is 2.37. The summed E-state index contributed by atoms with van der Waals surface area (Å²) in [7, 11) is 0. The van der Waals surface area contributed by atoms with Crippen LogP contribution in [-0.2, 0) is 11.3 Å². The zero-order valence-electron chi connectivity index (χ0n) is 11.2. The van der Waals surface area contributed by atoms with Crippen LogP contribution in [0.5, 0.6) is 5.75 Å². The van der Waals surface area contributed by atoms with Gasteiger partial charge in [-0.2, -0.15) is 0 Å². The number of benzene rings is 1. The highest BCUT2D eigenvalue weighted by atomic mass is 19.2. The van der Waals surface area contributed by atoms with Gasteiger partial charge in [0.1, 0.15) is 0 Å². The summed E-state index contributed by atoms with van der Waals surface area (Å²) in [5.74, 6) is -6.73. The molecule has 0 unspecified atom stereocenters. The molecule has 0 radical (unpaired) electrons. The van der Waals surface area contributed by atoms with E-state index in [-0.39, 0.29) is 13.2 Å². The summed E-state index contributed by atoms with van der Waals surface area (Å²) in [6.45, 7) is 3.17. The molecule has 5 nitrogen and oxygen atoms in total. The Kier molecular flexibility index (Phi) is 3.97. The van der Waals surface area contributed by atoms with Gasteiger partial charge >= 0.3 is 11.7 Å². The van der Waals surface area contributed by atoms with Crippen molar-refractivity contribution >= 4 is 16.9 Å². The fraction of sp³-hybridized carbons (Fsp3) is 0.308. The van der Waals surface area contributed by atoms with Crippen molar-refractivity contribution in [2.75, 3.05) is 6.61 Å². The molecule has 0 spiro atoms. The number of carbonyl (C=O) groups excluding carboxylic acids is 1. The molecule has 1 aromatic carbocycles. The first-order valence-electron chi connectivity index (χ1n) is 6.17. The second-order valence-corrected chi connectivity index (χ2v) is 4.10. The monoisotopic (exact) mass is 300 g/mol. The van der Waals surface area contributed by atoms with Crippen LogP contribution in [0.3, 0.4) is 0 Å². The van der Waals surface area contributed by atoms with Gasteiger partial charge in [0.05, 0.1) is 6.61 Å². The van der Waals surface area contributed by atoms with E-state index >= 15 is 0 Å². The van der Waals surface area contributed by atoms with Crippen molar-refractivity contribution in [3.05, 3.63) is 29.2 Å². The van der Waals surface area contributed by atoms with Crippen LogP contribution < -0.4 is 9.79 Å². The zero-order valence-corrected chi connectivity index (χ0v) is 11.2. The first-order valence-corrected chi connectivity index (χ1v) is 6.17. The van der Waals surface area contributed by atoms with Crippen molar-refractivity contribution in [2.24, 2.45) is 0 Å². The number of rotatable bonds is 3. The number of esters is 1. The number of aryl methyl sites for hydroxylation is 1. The molecule has 0 saturated carbocycles. The Bertz CT molecular complexity index is 735. The highest BCUT2D eigenvalue weighted by molar-refractivity contribution is 5.95. The largest absolute Gasteiger partial charge is 0.867 e. The van der Waals surface area contributed by atoms with E-state index in [0.717, 1.165) is 4.68 Å². The lowest BCUT2D eigenvalue weighted by molar-refractivity contribution is -0.752. The summed E-state index contributed by atoms with van der Waals surface area (Å²) in [5, 5.41) is 15.4. The Hall–Kier alpha value is -2.38. The molecule has 0 saturated heterocycles. The number of fused-ring (bicyclic) bond motifs is 1. The number of ether oxygens (including phenoxy) is 1. The summed E-state index contributed by atoms with van der Waals surface area (Å²) in [4.78, 5) is 11.8. The number of aromatic nitrogens is 2. The molecule has 2 aromatic rings. The molecule has 21 heavy (non-hydrogen) atoms. The maximum absolute atomic E-state index is 13.7. The van der Waals surface area contributed by atoms with Crippen molar-refractivity contribution in [3.8, 4) is 5.75 Å². The van der Waals surface area contributed by atoms with E-state index in [4.69, 9.17) is 4.74 Å². The molecular weight excluding hydrogens is 289 g/mol. The highest BCUT2D eigenvalue weighted by Gasteiger charge is 2.28. The quantitative estimate of drug-likeness (QED) is 0.485. The molecule has 112 valence electrons. The van der Waals surface area contributed by atoms with Gasteiger partial charge in [-0.15, -0.1) is 0 Å². The summed E-state index contributed by atoms with van der Waals surface area (Å²) in [5.41, 5.74) is -1.09. The average molecular weight is 300 g/mol. The Labute approximate surface area is 117 Å². The third-order valence-electron chi connectivity index (χ3n) is 2.84. The number of hydrogen-bond acceptors (Lipinski definition) is 4. The number of carbonyl (C=O) groups is 1. The molecule has 0 aliphatic rings. The van der Waals surface area contributed by atoms with Gasteiger partial charge in [-0.05, 0) is 25.7 Å². The maximum atomic E-state index is 13.7. The van der Waals surface area contributed by atoms with Crippen LogP contribution in [0.2, 0.25) is 0 Å². The topological polar surface area (TPSA) is 66.1 Å². The maximum Gasteiger partial charge on any atom is 0.405 e. The number of halogens is 3. The van der Waals surface area contributed by atoms with Crippen molar-refractivity contribution in [1.29, 1.82) is 0 Å². The molecule has 0 aliphatic carbocycles. The number of nitrogens with zero attached hydrogens (tertiary/aromatic N) is 2. The Morgan fingerprint density at radius 1 is 1.33 bits per heavy atom. The van der Waals surface area contributed by atoms with Gasteiger partial charge in [-0.3, -0.25) is 0 Å². The number of hydrogen-bond donors (Lipinski definition) is 0. The van der Waals surface area contributed by atoms with Gasteiger partial charge in [-0.1, -0.05) is 4.68 Å². The highest BCUT2D eigenvalue weighted by Crippen LogP contribution is 2.27. The summed E-state index contributed by atoms with van der Waals surface area (Å²) in [6, 6.07) is 0.520. The van der Waals surface area contributed by atoms with Crippen LogP contribution in [0.4, 0.5) is 13.2 Å². The molecule has 1 aromatic heterocycles. The van der Waals surface area contributed by atoms with E-state index in [9.17, 15) is 23.1 Å². The minimum atomic E-state index is -1.72. The summed E-state index contributed by atoms with van der Waals surface area (Å²) in [6.07, 6.45) is 0. The van der Waals surface area contributed by atoms with E-state index in [2.05, 4.69) is 5.10 Å². The van der Waals surface area contributed by atoms with Crippen molar-refractivity contribution in [1.82, 2.24) is 5.10 Å². The normalized spacial score (nSPS) is 10.9. The zero-order chi connectivity index (χ0) is 15.7. The van der Waals surface area contributed by atoms with Gasteiger partial charge in [0.2, 0.25) is 0 Å². The molecule has 2 rings (SSSR count). The lowest BCUT2D eigenvalue weighted by Gasteiger charge is -2.13. The predicted molar refractivity (Wildman–Crippen MR) is 62.9 cm³/mol. The van der Waals surface area contributed by atoms with Gasteiger partial charge in [0, 0.05) is 10.5 Å². The van der Waals surface area contributed by atoms with Crippen LogP contribution in [-0.4, -0.2) is 17.7 Å². The van der Waals surface area contributed by atoms with E-state index < -0.39 is 45.8 Å². The Morgan fingerprint density at radius 3 is 2.57 bits per heavy atom. The van der Waals surface area contributed by atoms with Gasteiger partial charge in [-0.25, -0.2) is 18.0 Å². The van der Waals surface area contributed by atoms with Crippen LogP contribution >= 0.6 is 0 Å². The van der Waals surface area contributed by atoms with E-state index in [1.165, 1.54) is 0 Å². The van der Waals surface area contributed by atoms with E-state index in [1.807, 2.05) is 0 Å². The lowest BCUT2D eigenvalue weighted by atomic mass is 10.1. The lowest BCUT2D eigenvalue weighted by Crippen LogP contribution is -2.45. The smallest absolute Gasteiger partial charge is 0.405 e. The fourth-order valence-corrected chi connectivity index (χ4v) is 1.90. The second-order valence-electron chi connectivity index (χ2n) is 4.10. The van der Waals surface area contributed by atoms with Gasteiger partial charge < -0.3 is 9.84 Å². The van der Waals surface area contributed by atoms with Crippen LogP contribution in [0, 0.1) is 17.5 Å². The second kappa shape index (κ2) is 5.55. The van der Waals surface area contributed by atoms with Crippen LogP contribution in [0.1, 0.15) is 24.3 Å².